The lowest BCUT2D eigenvalue weighted by Gasteiger charge is -2.30. The second kappa shape index (κ2) is 12.0. The van der Waals surface area contributed by atoms with Gasteiger partial charge >= 0.3 is 0 Å². The second-order valence-corrected chi connectivity index (χ2v) is 6.03. The highest BCUT2D eigenvalue weighted by Crippen LogP contribution is 2.08. The van der Waals surface area contributed by atoms with E-state index >= 15 is 0 Å². The fourth-order valence-corrected chi connectivity index (χ4v) is 3.11. The standard InChI is InChI=1S/C16H33N.FH/c1-3-4-5-6-7-8-9-11-14-17-15-12-10-13-16(17)2;/h16H,3-15H2,1-2H3;1H. The lowest BCUT2D eigenvalue weighted by Crippen LogP contribution is -3.16. The van der Waals surface area contributed by atoms with Crippen LogP contribution in [0.1, 0.15) is 84.5 Å². The van der Waals surface area contributed by atoms with E-state index in [-0.39, 0.29) is 4.70 Å². The molecule has 1 saturated heterocycles. The van der Waals surface area contributed by atoms with Crippen LogP contribution in [0.15, 0.2) is 0 Å². The lowest BCUT2D eigenvalue weighted by molar-refractivity contribution is -0.928. The Hall–Kier alpha value is -0.110. The maximum Gasteiger partial charge on any atom is 0.0846 e. The minimum absolute atomic E-state index is 0. The van der Waals surface area contributed by atoms with Gasteiger partial charge in [-0.25, -0.2) is 0 Å². The summed E-state index contributed by atoms with van der Waals surface area (Å²) >= 11 is 0. The van der Waals surface area contributed by atoms with E-state index in [2.05, 4.69) is 13.8 Å². The first-order chi connectivity index (χ1) is 8.34. The lowest BCUT2D eigenvalue weighted by atomic mass is 10.0. The number of unbranched alkanes of at least 4 members (excludes halogenated alkanes) is 7. The van der Waals surface area contributed by atoms with Gasteiger partial charge < -0.3 is 9.60 Å². The number of hydrogen-bond acceptors (Lipinski definition) is 0. The average Bonchev–Trinajstić information content (AvgIpc) is 2.35. The second-order valence-electron chi connectivity index (χ2n) is 6.03. The quantitative estimate of drug-likeness (QED) is 0.578. The van der Waals surface area contributed by atoms with Gasteiger partial charge in [0, 0.05) is 0 Å². The molecule has 0 spiro atoms. The van der Waals surface area contributed by atoms with Gasteiger partial charge in [-0.05, 0) is 39.0 Å². The van der Waals surface area contributed by atoms with Gasteiger partial charge in [0.25, 0.3) is 0 Å². The summed E-state index contributed by atoms with van der Waals surface area (Å²) in [4.78, 5) is 1.89. The molecule has 0 saturated carbocycles. The third kappa shape index (κ3) is 8.07. The van der Waals surface area contributed by atoms with Gasteiger partial charge in [0.15, 0.2) is 0 Å². The minimum atomic E-state index is 0. The molecule has 2 unspecified atom stereocenters. The van der Waals surface area contributed by atoms with Gasteiger partial charge in [0.05, 0.1) is 19.1 Å². The monoisotopic (exact) mass is 259 g/mol. The molecule has 2 heteroatoms. The average molecular weight is 259 g/mol. The Labute approximate surface area is 114 Å². The molecule has 1 N–H and O–H groups in total. The number of nitrogens with one attached hydrogen (secondary N) is 1. The van der Waals surface area contributed by atoms with Crippen LogP contribution in [0.2, 0.25) is 0 Å². The third-order valence-corrected chi connectivity index (χ3v) is 4.43. The molecule has 0 aromatic heterocycles. The highest BCUT2D eigenvalue weighted by Gasteiger charge is 2.20. The number of rotatable bonds is 9. The molecular weight excluding hydrogens is 225 g/mol. The van der Waals surface area contributed by atoms with E-state index < -0.39 is 0 Å². The summed E-state index contributed by atoms with van der Waals surface area (Å²) in [5.41, 5.74) is 0. The van der Waals surface area contributed by atoms with Crippen LogP contribution in [0.5, 0.6) is 0 Å². The van der Waals surface area contributed by atoms with Crippen molar-refractivity contribution < 1.29 is 9.60 Å². The molecule has 0 aliphatic carbocycles. The van der Waals surface area contributed by atoms with E-state index in [9.17, 15) is 0 Å². The predicted octanol–water partition coefficient (Wildman–Crippen LogP) is 0.588. The number of halogens is 1. The number of likely N-dealkylation sites (tertiary alicyclic amines) is 1. The zero-order valence-corrected chi connectivity index (χ0v) is 12.6. The maximum absolute atomic E-state index is 2.44. The van der Waals surface area contributed by atoms with Crippen LogP contribution >= 0.6 is 0 Å². The summed E-state index contributed by atoms with van der Waals surface area (Å²) < 4.78 is 0. The van der Waals surface area contributed by atoms with Crippen LogP contribution in [0.4, 0.5) is 0 Å². The topological polar surface area (TPSA) is 4.44 Å². The third-order valence-electron chi connectivity index (χ3n) is 4.43. The largest absolute Gasteiger partial charge is 1.00 e. The van der Waals surface area contributed by atoms with Crippen molar-refractivity contribution in [1.29, 1.82) is 0 Å². The highest BCUT2D eigenvalue weighted by atomic mass is 19.0. The number of quaternary nitrogens is 1. The van der Waals surface area contributed by atoms with E-state index in [1.165, 1.54) is 83.7 Å². The van der Waals surface area contributed by atoms with Crippen LogP contribution in [-0.4, -0.2) is 19.1 Å². The molecule has 0 aromatic carbocycles. The van der Waals surface area contributed by atoms with Gasteiger partial charge in [-0.15, -0.1) is 0 Å². The molecule has 1 rings (SSSR count). The molecule has 0 aromatic rings. The van der Waals surface area contributed by atoms with Gasteiger partial charge in [-0.2, -0.15) is 0 Å². The summed E-state index contributed by atoms with van der Waals surface area (Å²) in [5.74, 6) is 0. The maximum atomic E-state index is 2.44. The Bertz CT molecular complexity index is 172. The Morgan fingerprint density at radius 1 is 0.889 bits per heavy atom. The summed E-state index contributed by atoms with van der Waals surface area (Å²) in [7, 11) is 0. The van der Waals surface area contributed by atoms with Crippen molar-refractivity contribution in [3.63, 3.8) is 0 Å². The molecule has 0 radical (unpaired) electrons. The van der Waals surface area contributed by atoms with Crippen molar-refractivity contribution in [1.82, 2.24) is 0 Å². The number of hydrogen-bond donors (Lipinski definition) is 1. The van der Waals surface area contributed by atoms with E-state index in [1.54, 1.807) is 0 Å². The molecule has 18 heavy (non-hydrogen) atoms. The first kappa shape index (κ1) is 17.9. The van der Waals surface area contributed by atoms with E-state index in [1.807, 2.05) is 4.90 Å². The van der Waals surface area contributed by atoms with Crippen molar-refractivity contribution in [2.75, 3.05) is 13.1 Å². The molecule has 1 aliphatic rings. The molecule has 0 bridgehead atoms. The summed E-state index contributed by atoms with van der Waals surface area (Å²) in [6.45, 7) is 7.62. The van der Waals surface area contributed by atoms with E-state index in [0.717, 1.165) is 6.04 Å². The first-order valence-corrected chi connectivity index (χ1v) is 8.19. The fraction of sp³-hybridized carbons (Fsp3) is 1.00. The van der Waals surface area contributed by atoms with E-state index in [4.69, 9.17) is 0 Å². The van der Waals surface area contributed by atoms with Crippen LogP contribution in [0, 0.1) is 0 Å². The van der Waals surface area contributed by atoms with Crippen molar-refractivity contribution >= 4 is 0 Å². The summed E-state index contributed by atoms with van der Waals surface area (Å²) in [5, 5.41) is 0. The normalized spacial score (nSPS) is 23.7. The van der Waals surface area contributed by atoms with Crippen LogP contribution < -0.4 is 9.60 Å². The predicted molar refractivity (Wildman–Crippen MR) is 76.6 cm³/mol. The fourth-order valence-electron chi connectivity index (χ4n) is 3.11. The highest BCUT2D eigenvalue weighted by molar-refractivity contribution is 4.55. The Morgan fingerprint density at radius 3 is 2.11 bits per heavy atom. The molecule has 1 nitrogen and oxygen atoms in total. The zero-order chi connectivity index (χ0) is 12.3. The van der Waals surface area contributed by atoms with Gasteiger partial charge in [-0.1, -0.05) is 45.4 Å². The van der Waals surface area contributed by atoms with Crippen molar-refractivity contribution in [3.8, 4) is 0 Å². The van der Waals surface area contributed by atoms with Gasteiger partial charge in [0.1, 0.15) is 0 Å². The minimum Gasteiger partial charge on any atom is -1.00 e. The van der Waals surface area contributed by atoms with Crippen LogP contribution in [-0.2, 0) is 0 Å². The molecule has 0 amide bonds. The summed E-state index contributed by atoms with van der Waals surface area (Å²) in [6.07, 6.45) is 16.1. The Morgan fingerprint density at radius 2 is 1.50 bits per heavy atom. The molecule has 110 valence electrons. The van der Waals surface area contributed by atoms with Crippen molar-refractivity contribution in [2.24, 2.45) is 0 Å². The summed E-state index contributed by atoms with van der Waals surface area (Å²) in [6, 6.07) is 0.938. The molecule has 2 atom stereocenters. The van der Waals surface area contributed by atoms with E-state index in [0.29, 0.717) is 0 Å². The molecule has 1 heterocycles. The Kier molecular flexibility index (Phi) is 11.9. The number of piperidine rings is 1. The Balaban J connectivity index is 0.00000289. The molecule has 1 aliphatic heterocycles. The van der Waals surface area contributed by atoms with Crippen LogP contribution in [0.25, 0.3) is 0 Å². The van der Waals surface area contributed by atoms with Crippen molar-refractivity contribution in [2.45, 2.75) is 90.5 Å². The molecular formula is C16H34FN. The van der Waals surface area contributed by atoms with Crippen LogP contribution in [0.3, 0.4) is 0 Å². The zero-order valence-electron chi connectivity index (χ0n) is 12.6. The van der Waals surface area contributed by atoms with Gasteiger partial charge in [0.2, 0.25) is 0 Å². The smallest absolute Gasteiger partial charge is 0.0846 e. The first-order valence-electron chi connectivity index (χ1n) is 8.19. The molecule has 1 fully saturated rings. The SMILES string of the molecule is CCCCCCCCCC[NH+]1CCCCC1C.[F-]. The van der Waals surface area contributed by atoms with Gasteiger partial charge in [-0.3, -0.25) is 0 Å². The van der Waals surface area contributed by atoms with Crippen molar-refractivity contribution in [3.05, 3.63) is 0 Å².